The quantitative estimate of drug-likeness (QED) is 0.687. The Morgan fingerprint density at radius 3 is 2.71 bits per heavy atom. The van der Waals surface area contributed by atoms with Gasteiger partial charge in [-0.25, -0.2) is 0 Å². The lowest BCUT2D eigenvalue weighted by atomic mass is 9.76. The Kier molecular flexibility index (Phi) is 2.61. The molecular weight excluding hydrogens is 172 g/mol. The first kappa shape index (κ1) is 10.4. The minimum atomic E-state index is 0.498. The fourth-order valence-corrected chi connectivity index (χ4v) is 3.01. The van der Waals surface area contributed by atoms with Crippen LogP contribution in [-0.4, -0.2) is 36.6 Å². The van der Waals surface area contributed by atoms with Crippen molar-refractivity contribution in [1.82, 2.24) is 10.2 Å². The third-order valence-electron chi connectivity index (χ3n) is 4.20. The Hall–Kier alpha value is -0.0800. The Morgan fingerprint density at radius 2 is 2.07 bits per heavy atom. The summed E-state index contributed by atoms with van der Waals surface area (Å²) >= 11 is 0. The third kappa shape index (κ3) is 1.70. The van der Waals surface area contributed by atoms with Gasteiger partial charge >= 0.3 is 0 Å². The molecule has 0 aromatic heterocycles. The number of nitrogens with zero attached hydrogens (tertiary/aromatic N) is 1. The molecule has 14 heavy (non-hydrogen) atoms. The van der Waals surface area contributed by atoms with E-state index in [1.807, 2.05) is 0 Å². The van der Waals surface area contributed by atoms with E-state index < -0.39 is 0 Å². The third-order valence-corrected chi connectivity index (χ3v) is 4.20. The molecule has 0 amide bonds. The van der Waals surface area contributed by atoms with Crippen LogP contribution >= 0.6 is 0 Å². The largest absolute Gasteiger partial charge is 0.313 e. The topological polar surface area (TPSA) is 15.3 Å². The Morgan fingerprint density at radius 1 is 1.36 bits per heavy atom. The van der Waals surface area contributed by atoms with Gasteiger partial charge in [-0.15, -0.1) is 0 Å². The van der Waals surface area contributed by atoms with Crippen molar-refractivity contribution in [3.05, 3.63) is 0 Å². The van der Waals surface area contributed by atoms with Crippen LogP contribution in [0.2, 0.25) is 0 Å². The maximum absolute atomic E-state index is 3.68. The standard InChI is InChI=1S/C12H24N2/c1-9(2)14-6-5-11-10(7-14)12(3,4)8-13-11/h9-11,13H,5-8H2,1-4H3. The van der Waals surface area contributed by atoms with Crippen molar-refractivity contribution >= 4 is 0 Å². The van der Waals surface area contributed by atoms with Crippen LogP contribution < -0.4 is 5.32 Å². The molecule has 2 heteroatoms. The second kappa shape index (κ2) is 3.49. The highest BCUT2D eigenvalue weighted by Gasteiger charge is 2.44. The van der Waals surface area contributed by atoms with E-state index in [0.29, 0.717) is 11.5 Å². The lowest BCUT2D eigenvalue weighted by molar-refractivity contribution is 0.0884. The summed E-state index contributed by atoms with van der Waals surface area (Å²) in [4.78, 5) is 2.63. The average Bonchev–Trinajstić information content (AvgIpc) is 2.42. The molecule has 0 saturated carbocycles. The molecule has 2 atom stereocenters. The summed E-state index contributed by atoms with van der Waals surface area (Å²) < 4.78 is 0. The van der Waals surface area contributed by atoms with E-state index in [1.165, 1.54) is 26.1 Å². The molecule has 1 N–H and O–H groups in total. The molecule has 2 rings (SSSR count). The Balaban J connectivity index is 2.05. The van der Waals surface area contributed by atoms with E-state index in [2.05, 4.69) is 37.9 Å². The minimum Gasteiger partial charge on any atom is -0.313 e. The predicted molar refractivity (Wildman–Crippen MR) is 60.4 cm³/mol. The molecule has 0 aliphatic carbocycles. The highest BCUT2D eigenvalue weighted by atomic mass is 15.2. The maximum Gasteiger partial charge on any atom is 0.0125 e. The molecule has 0 aromatic rings. The maximum atomic E-state index is 3.68. The normalized spacial score (nSPS) is 37.5. The van der Waals surface area contributed by atoms with Crippen LogP contribution in [0, 0.1) is 11.3 Å². The van der Waals surface area contributed by atoms with Crippen LogP contribution in [0.15, 0.2) is 0 Å². The fraction of sp³-hybridized carbons (Fsp3) is 1.00. The molecule has 2 aliphatic heterocycles. The molecule has 2 aliphatic rings. The summed E-state index contributed by atoms with van der Waals surface area (Å²) in [5, 5.41) is 3.68. The molecule has 0 radical (unpaired) electrons. The smallest absolute Gasteiger partial charge is 0.0125 e. The van der Waals surface area contributed by atoms with E-state index in [1.54, 1.807) is 0 Å². The van der Waals surface area contributed by atoms with Gasteiger partial charge in [0.05, 0.1) is 0 Å². The molecule has 2 unspecified atom stereocenters. The van der Waals surface area contributed by atoms with Crippen molar-refractivity contribution in [2.24, 2.45) is 11.3 Å². The summed E-state index contributed by atoms with van der Waals surface area (Å²) in [5.74, 6) is 0.860. The van der Waals surface area contributed by atoms with Gasteiger partial charge in [0, 0.05) is 25.2 Å². The van der Waals surface area contributed by atoms with Gasteiger partial charge in [0.15, 0.2) is 0 Å². The van der Waals surface area contributed by atoms with Gasteiger partial charge in [-0.3, -0.25) is 0 Å². The summed E-state index contributed by atoms with van der Waals surface area (Å²) in [6, 6.07) is 1.51. The number of piperidine rings is 1. The van der Waals surface area contributed by atoms with Crippen molar-refractivity contribution in [2.45, 2.75) is 46.2 Å². The van der Waals surface area contributed by atoms with Crippen molar-refractivity contribution in [2.75, 3.05) is 19.6 Å². The van der Waals surface area contributed by atoms with Crippen LogP contribution in [0.4, 0.5) is 0 Å². The van der Waals surface area contributed by atoms with E-state index in [0.717, 1.165) is 12.0 Å². The zero-order valence-corrected chi connectivity index (χ0v) is 10.0. The minimum absolute atomic E-state index is 0.498. The van der Waals surface area contributed by atoms with Gasteiger partial charge in [0.25, 0.3) is 0 Å². The van der Waals surface area contributed by atoms with E-state index >= 15 is 0 Å². The highest BCUT2D eigenvalue weighted by molar-refractivity contribution is 5.00. The van der Waals surface area contributed by atoms with Crippen molar-refractivity contribution in [3.8, 4) is 0 Å². The van der Waals surface area contributed by atoms with Gasteiger partial charge in [-0.2, -0.15) is 0 Å². The average molecular weight is 196 g/mol. The van der Waals surface area contributed by atoms with E-state index in [4.69, 9.17) is 0 Å². The van der Waals surface area contributed by atoms with Gasteiger partial charge in [-0.05, 0) is 38.1 Å². The zero-order chi connectivity index (χ0) is 10.3. The number of rotatable bonds is 1. The Labute approximate surface area is 88.1 Å². The molecule has 2 fully saturated rings. The second-order valence-corrected chi connectivity index (χ2v) is 5.96. The molecule has 2 saturated heterocycles. The fourth-order valence-electron chi connectivity index (χ4n) is 3.01. The first-order valence-electron chi connectivity index (χ1n) is 5.98. The number of fused-ring (bicyclic) bond motifs is 1. The molecule has 0 aromatic carbocycles. The SMILES string of the molecule is CC(C)N1CCC2NCC(C)(C)C2C1. The summed E-state index contributed by atoms with van der Waals surface area (Å²) in [7, 11) is 0. The number of hydrogen-bond acceptors (Lipinski definition) is 2. The summed E-state index contributed by atoms with van der Waals surface area (Å²) in [6.07, 6.45) is 1.34. The van der Waals surface area contributed by atoms with Crippen molar-refractivity contribution < 1.29 is 0 Å². The molecule has 2 nitrogen and oxygen atoms in total. The van der Waals surface area contributed by atoms with Crippen molar-refractivity contribution in [3.63, 3.8) is 0 Å². The van der Waals surface area contributed by atoms with Crippen LogP contribution in [0.25, 0.3) is 0 Å². The molecule has 2 heterocycles. The van der Waals surface area contributed by atoms with Gasteiger partial charge in [0.1, 0.15) is 0 Å². The van der Waals surface area contributed by atoms with Gasteiger partial charge in [0.2, 0.25) is 0 Å². The lowest BCUT2D eigenvalue weighted by Gasteiger charge is -2.41. The van der Waals surface area contributed by atoms with E-state index in [-0.39, 0.29) is 0 Å². The number of nitrogens with one attached hydrogen (secondary N) is 1. The van der Waals surface area contributed by atoms with Crippen LogP contribution in [0.5, 0.6) is 0 Å². The van der Waals surface area contributed by atoms with Gasteiger partial charge < -0.3 is 10.2 Å². The first-order valence-corrected chi connectivity index (χ1v) is 5.98. The van der Waals surface area contributed by atoms with E-state index in [9.17, 15) is 0 Å². The predicted octanol–water partition coefficient (Wildman–Crippen LogP) is 1.71. The summed E-state index contributed by atoms with van der Waals surface area (Å²) in [6.45, 7) is 13.2. The Bertz CT molecular complexity index is 210. The molecular formula is C12H24N2. The lowest BCUT2D eigenvalue weighted by Crippen LogP contribution is -2.49. The highest BCUT2D eigenvalue weighted by Crippen LogP contribution is 2.38. The molecule has 0 bridgehead atoms. The van der Waals surface area contributed by atoms with Gasteiger partial charge in [-0.1, -0.05) is 13.8 Å². The first-order chi connectivity index (χ1) is 6.50. The second-order valence-electron chi connectivity index (χ2n) is 5.96. The monoisotopic (exact) mass is 196 g/mol. The number of hydrogen-bond donors (Lipinski definition) is 1. The zero-order valence-electron chi connectivity index (χ0n) is 10.0. The summed E-state index contributed by atoms with van der Waals surface area (Å²) in [5.41, 5.74) is 0.498. The van der Waals surface area contributed by atoms with Crippen LogP contribution in [0.1, 0.15) is 34.1 Å². The van der Waals surface area contributed by atoms with Crippen molar-refractivity contribution in [1.29, 1.82) is 0 Å². The number of likely N-dealkylation sites (tertiary alicyclic amines) is 1. The molecule has 0 spiro atoms. The van der Waals surface area contributed by atoms with Crippen LogP contribution in [-0.2, 0) is 0 Å². The van der Waals surface area contributed by atoms with Crippen LogP contribution in [0.3, 0.4) is 0 Å². The molecule has 82 valence electrons.